The minimum absolute atomic E-state index is 0.589. The van der Waals surface area contributed by atoms with Crippen molar-refractivity contribution in [3.63, 3.8) is 0 Å². The van der Waals surface area contributed by atoms with E-state index in [1.807, 2.05) is 17.8 Å². The van der Waals surface area contributed by atoms with Crippen molar-refractivity contribution in [3.05, 3.63) is 17.7 Å². The lowest BCUT2D eigenvalue weighted by Crippen LogP contribution is -2.16. The summed E-state index contributed by atoms with van der Waals surface area (Å²) in [7, 11) is 1.97. The van der Waals surface area contributed by atoms with Crippen molar-refractivity contribution in [2.75, 3.05) is 0 Å². The molecule has 0 aromatic carbocycles. The van der Waals surface area contributed by atoms with E-state index in [0.29, 0.717) is 5.92 Å². The Hall–Kier alpha value is -0.830. The summed E-state index contributed by atoms with van der Waals surface area (Å²) in [6.45, 7) is 7.85. The van der Waals surface area contributed by atoms with Crippen LogP contribution in [0.4, 0.5) is 0 Å². The number of hydrogen-bond donors (Lipinski definition) is 1. The number of imidazole rings is 1. The van der Waals surface area contributed by atoms with Gasteiger partial charge in [-0.2, -0.15) is 0 Å². The number of aryl methyl sites for hydroxylation is 1. The molecule has 1 heterocycles. The molecule has 0 unspecified atom stereocenters. The van der Waals surface area contributed by atoms with Gasteiger partial charge in [-0.15, -0.1) is 0 Å². The van der Waals surface area contributed by atoms with Gasteiger partial charge < -0.3 is 9.67 Å². The molecule has 0 saturated heterocycles. The normalized spacial score (nSPS) is 12.5. The van der Waals surface area contributed by atoms with Gasteiger partial charge in [0.2, 0.25) is 0 Å². The first-order valence-electron chi connectivity index (χ1n) is 5.06. The van der Waals surface area contributed by atoms with Crippen LogP contribution in [-0.2, 0) is 19.1 Å². The quantitative estimate of drug-likeness (QED) is 0.801. The smallest absolute Gasteiger partial charge is 0.109 e. The number of aromatic nitrogens is 2. The average molecular weight is 196 g/mol. The van der Waals surface area contributed by atoms with E-state index in [0.717, 1.165) is 17.9 Å². The second kappa shape index (κ2) is 3.73. The van der Waals surface area contributed by atoms with Gasteiger partial charge >= 0.3 is 0 Å². The monoisotopic (exact) mass is 196 g/mol. The van der Waals surface area contributed by atoms with Crippen LogP contribution in [0.5, 0.6) is 0 Å². The molecule has 0 saturated carbocycles. The van der Waals surface area contributed by atoms with Gasteiger partial charge in [0.1, 0.15) is 11.4 Å². The Kier molecular flexibility index (Phi) is 3.00. The zero-order valence-corrected chi connectivity index (χ0v) is 9.70. The first kappa shape index (κ1) is 11.2. The summed E-state index contributed by atoms with van der Waals surface area (Å²) in [6, 6.07) is 0. The molecule has 3 nitrogen and oxygen atoms in total. The summed E-state index contributed by atoms with van der Waals surface area (Å²) in [5.74, 6) is 1.63. The van der Waals surface area contributed by atoms with Crippen LogP contribution in [0.3, 0.4) is 0 Å². The minimum Gasteiger partial charge on any atom is -0.384 e. The van der Waals surface area contributed by atoms with Crippen LogP contribution in [0.15, 0.2) is 6.20 Å². The van der Waals surface area contributed by atoms with E-state index >= 15 is 0 Å². The molecule has 3 heteroatoms. The Bertz CT molecular complexity index is 308. The maximum absolute atomic E-state index is 9.79. The van der Waals surface area contributed by atoms with Gasteiger partial charge in [0.15, 0.2) is 0 Å². The topological polar surface area (TPSA) is 38.1 Å². The van der Waals surface area contributed by atoms with Crippen LogP contribution in [0.2, 0.25) is 0 Å². The fourth-order valence-corrected chi connectivity index (χ4v) is 1.35. The van der Waals surface area contributed by atoms with Crippen molar-refractivity contribution in [2.24, 2.45) is 13.0 Å². The third-order valence-corrected chi connectivity index (χ3v) is 2.19. The van der Waals surface area contributed by atoms with Crippen LogP contribution in [0.1, 0.15) is 39.2 Å². The molecule has 1 N–H and O–H groups in total. The highest BCUT2D eigenvalue weighted by atomic mass is 16.3. The van der Waals surface area contributed by atoms with Crippen LogP contribution in [0.25, 0.3) is 0 Å². The molecule has 0 radical (unpaired) electrons. The highest BCUT2D eigenvalue weighted by molar-refractivity contribution is 5.10. The molecule has 0 bridgehead atoms. The van der Waals surface area contributed by atoms with Crippen LogP contribution < -0.4 is 0 Å². The predicted molar refractivity (Wildman–Crippen MR) is 57.0 cm³/mol. The highest BCUT2D eigenvalue weighted by Gasteiger charge is 2.20. The molecular weight excluding hydrogens is 176 g/mol. The predicted octanol–water partition coefficient (Wildman–Crippen LogP) is 1.85. The van der Waals surface area contributed by atoms with E-state index in [9.17, 15) is 5.11 Å². The van der Waals surface area contributed by atoms with E-state index in [1.54, 1.807) is 13.8 Å². The first-order valence-corrected chi connectivity index (χ1v) is 5.06. The van der Waals surface area contributed by atoms with Crippen molar-refractivity contribution in [3.8, 4) is 0 Å². The molecule has 0 aliphatic heterocycles. The molecular formula is C11H20N2O. The second-order valence-corrected chi connectivity index (χ2v) is 4.81. The van der Waals surface area contributed by atoms with E-state index in [2.05, 4.69) is 18.8 Å². The largest absolute Gasteiger partial charge is 0.384 e. The Labute approximate surface area is 85.8 Å². The lowest BCUT2D eigenvalue weighted by Gasteiger charge is -2.12. The SMILES string of the molecule is CC(C)Cc1nc(C(C)(C)O)cn1C. The van der Waals surface area contributed by atoms with Crippen molar-refractivity contribution in [1.29, 1.82) is 0 Å². The van der Waals surface area contributed by atoms with Crippen molar-refractivity contribution in [2.45, 2.75) is 39.7 Å². The summed E-state index contributed by atoms with van der Waals surface area (Å²) in [4.78, 5) is 4.43. The average Bonchev–Trinajstić information content (AvgIpc) is 2.30. The fraction of sp³-hybridized carbons (Fsp3) is 0.727. The number of rotatable bonds is 3. The molecule has 0 fully saturated rings. The fourth-order valence-electron chi connectivity index (χ4n) is 1.35. The highest BCUT2D eigenvalue weighted by Crippen LogP contribution is 2.19. The minimum atomic E-state index is -0.840. The maximum atomic E-state index is 9.79. The lowest BCUT2D eigenvalue weighted by atomic mass is 10.1. The Balaban J connectivity index is 2.94. The van der Waals surface area contributed by atoms with Gasteiger partial charge in [-0.3, -0.25) is 0 Å². The summed E-state index contributed by atoms with van der Waals surface area (Å²) < 4.78 is 1.99. The molecule has 0 aliphatic rings. The van der Waals surface area contributed by atoms with Crippen LogP contribution in [-0.4, -0.2) is 14.7 Å². The second-order valence-electron chi connectivity index (χ2n) is 4.81. The lowest BCUT2D eigenvalue weighted by molar-refractivity contribution is 0.0741. The van der Waals surface area contributed by atoms with Crippen LogP contribution in [0, 0.1) is 5.92 Å². The van der Waals surface area contributed by atoms with Crippen molar-refractivity contribution in [1.82, 2.24) is 9.55 Å². The zero-order valence-electron chi connectivity index (χ0n) is 9.70. The van der Waals surface area contributed by atoms with E-state index < -0.39 is 5.60 Å². The Morgan fingerprint density at radius 3 is 2.43 bits per heavy atom. The summed E-state index contributed by atoms with van der Waals surface area (Å²) >= 11 is 0. The molecule has 1 rings (SSSR count). The molecule has 80 valence electrons. The van der Waals surface area contributed by atoms with Gasteiger partial charge in [-0.05, 0) is 19.8 Å². The third kappa shape index (κ3) is 2.58. The zero-order chi connectivity index (χ0) is 10.9. The molecule has 14 heavy (non-hydrogen) atoms. The molecule has 0 spiro atoms. The number of aliphatic hydroxyl groups is 1. The molecule has 0 amide bonds. The van der Waals surface area contributed by atoms with E-state index in [1.165, 1.54) is 0 Å². The van der Waals surface area contributed by atoms with Gasteiger partial charge in [-0.25, -0.2) is 4.98 Å². The Morgan fingerprint density at radius 1 is 1.50 bits per heavy atom. The van der Waals surface area contributed by atoms with Gasteiger partial charge in [-0.1, -0.05) is 13.8 Å². The van der Waals surface area contributed by atoms with E-state index in [-0.39, 0.29) is 0 Å². The maximum Gasteiger partial charge on any atom is 0.109 e. The summed E-state index contributed by atoms with van der Waals surface area (Å²) in [5, 5.41) is 9.79. The van der Waals surface area contributed by atoms with Crippen molar-refractivity contribution >= 4 is 0 Å². The summed E-state index contributed by atoms with van der Waals surface area (Å²) in [5.41, 5.74) is -0.0943. The van der Waals surface area contributed by atoms with Crippen molar-refractivity contribution < 1.29 is 5.11 Å². The molecule has 0 atom stereocenters. The Morgan fingerprint density at radius 2 is 2.07 bits per heavy atom. The third-order valence-electron chi connectivity index (χ3n) is 2.19. The molecule has 0 aliphatic carbocycles. The van der Waals surface area contributed by atoms with Crippen LogP contribution >= 0.6 is 0 Å². The molecule has 1 aromatic rings. The van der Waals surface area contributed by atoms with Gasteiger partial charge in [0.25, 0.3) is 0 Å². The standard InChI is InChI=1S/C11H20N2O/c1-8(2)6-10-12-9(7-13(10)5)11(3,4)14/h7-8,14H,6H2,1-5H3. The molecule has 1 aromatic heterocycles. The van der Waals surface area contributed by atoms with Gasteiger partial charge in [0, 0.05) is 19.7 Å². The summed E-state index contributed by atoms with van der Waals surface area (Å²) in [6.07, 6.45) is 2.85. The number of hydrogen-bond acceptors (Lipinski definition) is 2. The number of nitrogens with zero attached hydrogens (tertiary/aromatic N) is 2. The van der Waals surface area contributed by atoms with E-state index in [4.69, 9.17) is 0 Å². The van der Waals surface area contributed by atoms with Gasteiger partial charge in [0.05, 0.1) is 5.69 Å². The first-order chi connectivity index (χ1) is 6.30.